The molecule has 0 aliphatic carbocycles. The van der Waals surface area contributed by atoms with E-state index in [9.17, 15) is 4.79 Å². The van der Waals surface area contributed by atoms with Gasteiger partial charge in [-0.05, 0) is 35.7 Å². The largest absolute Gasteiger partial charge is 0.495 e. The molecule has 0 spiro atoms. The Labute approximate surface area is 189 Å². The van der Waals surface area contributed by atoms with Crippen LogP contribution in [0.2, 0.25) is 0 Å². The minimum atomic E-state index is -0.0430. The Bertz CT molecular complexity index is 1250. The predicted molar refractivity (Wildman–Crippen MR) is 126 cm³/mol. The minimum absolute atomic E-state index is 0.0430. The van der Waals surface area contributed by atoms with Crippen LogP contribution in [-0.2, 0) is 0 Å². The fourth-order valence-electron chi connectivity index (χ4n) is 3.87. The zero-order valence-corrected chi connectivity index (χ0v) is 18.4. The third-order valence-electron chi connectivity index (χ3n) is 5.51. The van der Waals surface area contributed by atoms with Crippen LogP contribution >= 0.6 is 11.3 Å². The number of hydrogen-bond donors (Lipinski definition) is 1. The molecule has 5 rings (SSSR count). The lowest BCUT2D eigenvalue weighted by Crippen LogP contribution is -2.49. The number of para-hydroxylation sites is 2. The highest BCUT2D eigenvalue weighted by Crippen LogP contribution is 2.29. The summed E-state index contributed by atoms with van der Waals surface area (Å²) in [5.41, 5.74) is 1.30. The van der Waals surface area contributed by atoms with Crippen LogP contribution in [0.15, 0.2) is 60.4 Å². The lowest BCUT2D eigenvalue weighted by Gasteiger charge is -2.35. The average molecular weight is 447 g/mol. The van der Waals surface area contributed by atoms with E-state index in [0.717, 1.165) is 21.7 Å². The summed E-state index contributed by atoms with van der Waals surface area (Å²) in [7, 11) is 1.62. The van der Waals surface area contributed by atoms with E-state index in [2.05, 4.69) is 31.2 Å². The van der Waals surface area contributed by atoms with Crippen molar-refractivity contribution in [1.29, 1.82) is 0 Å². The van der Waals surface area contributed by atoms with Crippen molar-refractivity contribution in [2.45, 2.75) is 0 Å². The van der Waals surface area contributed by atoms with E-state index in [-0.39, 0.29) is 5.91 Å². The van der Waals surface area contributed by atoms with Gasteiger partial charge in [-0.15, -0.1) is 11.3 Å². The molecule has 0 saturated carbocycles. The molecule has 9 heteroatoms. The molecule has 1 amide bonds. The van der Waals surface area contributed by atoms with Gasteiger partial charge in [-0.3, -0.25) is 4.79 Å². The SMILES string of the molecule is COc1ccccc1Nc1ncccc1C(=O)N1CCN(c2ncnc3sccc23)CC1. The zero-order chi connectivity index (χ0) is 21.9. The van der Waals surface area contributed by atoms with Gasteiger partial charge in [0.1, 0.15) is 28.5 Å². The number of hydrogen-bond acceptors (Lipinski definition) is 8. The van der Waals surface area contributed by atoms with Gasteiger partial charge in [-0.2, -0.15) is 0 Å². The zero-order valence-electron chi connectivity index (χ0n) is 17.6. The van der Waals surface area contributed by atoms with Gasteiger partial charge in [-0.25, -0.2) is 15.0 Å². The quantitative estimate of drug-likeness (QED) is 0.499. The summed E-state index contributed by atoms with van der Waals surface area (Å²) in [6, 6.07) is 13.2. The lowest BCUT2D eigenvalue weighted by molar-refractivity contribution is 0.0747. The number of ether oxygens (including phenoxy) is 1. The number of nitrogens with one attached hydrogen (secondary N) is 1. The highest BCUT2D eigenvalue weighted by Gasteiger charge is 2.26. The summed E-state index contributed by atoms with van der Waals surface area (Å²) in [6.45, 7) is 2.64. The van der Waals surface area contributed by atoms with E-state index < -0.39 is 0 Å². The predicted octanol–water partition coefficient (Wildman–Crippen LogP) is 3.80. The Morgan fingerprint density at radius 3 is 2.72 bits per heavy atom. The molecule has 0 atom stereocenters. The van der Waals surface area contributed by atoms with Crippen LogP contribution in [0.3, 0.4) is 0 Å². The fourth-order valence-corrected chi connectivity index (χ4v) is 4.60. The molecule has 1 saturated heterocycles. The molecule has 32 heavy (non-hydrogen) atoms. The smallest absolute Gasteiger partial charge is 0.257 e. The van der Waals surface area contributed by atoms with Crippen molar-refractivity contribution >= 4 is 44.8 Å². The first-order valence-corrected chi connectivity index (χ1v) is 11.2. The van der Waals surface area contributed by atoms with Crippen molar-refractivity contribution in [3.63, 3.8) is 0 Å². The Morgan fingerprint density at radius 2 is 1.88 bits per heavy atom. The van der Waals surface area contributed by atoms with Crippen molar-refractivity contribution in [3.8, 4) is 5.75 Å². The van der Waals surface area contributed by atoms with Gasteiger partial charge < -0.3 is 19.9 Å². The molecule has 0 unspecified atom stereocenters. The Hall–Kier alpha value is -3.72. The van der Waals surface area contributed by atoms with Gasteiger partial charge in [0.15, 0.2) is 0 Å². The molecule has 0 radical (unpaired) electrons. The number of methoxy groups -OCH3 is 1. The van der Waals surface area contributed by atoms with Crippen LogP contribution in [0.5, 0.6) is 5.75 Å². The van der Waals surface area contributed by atoms with Gasteiger partial charge in [0, 0.05) is 32.4 Å². The molecule has 3 aromatic heterocycles. The molecule has 4 heterocycles. The molecular weight excluding hydrogens is 424 g/mol. The van der Waals surface area contributed by atoms with Crippen molar-refractivity contribution in [1.82, 2.24) is 19.9 Å². The normalized spacial score (nSPS) is 13.9. The number of aromatic nitrogens is 3. The van der Waals surface area contributed by atoms with Gasteiger partial charge >= 0.3 is 0 Å². The molecule has 0 bridgehead atoms. The number of benzene rings is 1. The van der Waals surface area contributed by atoms with Crippen LogP contribution in [0.1, 0.15) is 10.4 Å². The second-order valence-corrected chi connectivity index (χ2v) is 8.24. The number of anilines is 3. The topological polar surface area (TPSA) is 83.5 Å². The maximum atomic E-state index is 13.4. The average Bonchev–Trinajstić information content (AvgIpc) is 3.34. The van der Waals surface area contributed by atoms with E-state index in [1.54, 1.807) is 43.1 Å². The number of rotatable bonds is 5. The van der Waals surface area contributed by atoms with Crippen molar-refractivity contribution in [3.05, 3.63) is 65.9 Å². The number of piperazine rings is 1. The van der Waals surface area contributed by atoms with Crippen LogP contribution < -0.4 is 15.0 Å². The van der Waals surface area contributed by atoms with E-state index in [4.69, 9.17) is 4.74 Å². The lowest BCUT2D eigenvalue weighted by atomic mass is 10.2. The molecule has 1 N–H and O–H groups in total. The number of amides is 1. The Balaban J connectivity index is 1.32. The summed E-state index contributed by atoms with van der Waals surface area (Å²) < 4.78 is 5.41. The van der Waals surface area contributed by atoms with E-state index in [1.807, 2.05) is 34.5 Å². The minimum Gasteiger partial charge on any atom is -0.495 e. The molecule has 1 aromatic carbocycles. The summed E-state index contributed by atoms with van der Waals surface area (Å²) in [6.07, 6.45) is 3.28. The second-order valence-electron chi connectivity index (χ2n) is 7.34. The first-order chi connectivity index (χ1) is 15.7. The summed E-state index contributed by atoms with van der Waals surface area (Å²) in [4.78, 5) is 31.7. The van der Waals surface area contributed by atoms with E-state index in [1.165, 1.54) is 0 Å². The van der Waals surface area contributed by atoms with Crippen LogP contribution in [0, 0.1) is 0 Å². The van der Waals surface area contributed by atoms with Gasteiger partial charge in [-0.1, -0.05) is 12.1 Å². The van der Waals surface area contributed by atoms with Crippen molar-refractivity contribution in [2.75, 3.05) is 43.5 Å². The highest BCUT2D eigenvalue weighted by molar-refractivity contribution is 7.16. The Morgan fingerprint density at radius 1 is 1.03 bits per heavy atom. The van der Waals surface area contributed by atoms with E-state index in [0.29, 0.717) is 43.3 Å². The van der Waals surface area contributed by atoms with Crippen LogP contribution in [0.25, 0.3) is 10.2 Å². The number of nitrogens with zero attached hydrogens (tertiary/aromatic N) is 5. The maximum absolute atomic E-state index is 13.4. The molecule has 1 fully saturated rings. The second kappa shape index (κ2) is 8.80. The van der Waals surface area contributed by atoms with Crippen LogP contribution in [-0.4, -0.2) is 59.0 Å². The molecule has 8 nitrogen and oxygen atoms in total. The number of thiophene rings is 1. The summed E-state index contributed by atoms with van der Waals surface area (Å²) in [5, 5.41) is 6.35. The Kier molecular flexibility index (Phi) is 5.55. The third kappa shape index (κ3) is 3.82. The highest BCUT2D eigenvalue weighted by atomic mass is 32.1. The number of carbonyl (C=O) groups is 1. The molecule has 162 valence electrons. The van der Waals surface area contributed by atoms with Crippen molar-refractivity contribution in [2.24, 2.45) is 0 Å². The first-order valence-electron chi connectivity index (χ1n) is 10.3. The number of pyridine rings is 1. The number of fused-ring (bicyclic) bond motifs is 1. The number of carbonyl (C=O) groups excluding carboxylic acids is 1. The van der Waals surface area contributed by atoms with Gasteiger partial charge in [0.25, 0.3) is 5.91 Å². The molecule has 1 aliphatic rings. The van der Waals surface area contributed by atoms with E-state index >= 15 is 0 Å². The fraction of sp³-hybridized carbons (Fsp3) is 0.217. The van der Waals surface area contributed by atoms with Crippen molar-refractivity contribution < 1.29 is 9.53 Å². The third-order valence-corrected chi connectivity index (χ3v) is 6.33. The molecular formula is C23H22N6O2S. The van der Waals surface area contributed by atoms with Gasteiger partial charge in [0.2, 0.25) is 0 Å². The first kappa shape index (κ1) is 20.2. The monoisotopic (exact) mass is 446 g/mol. The molecule has 4 aromatic rings. The van der Waals surface area contributed by atoms with Crippen LogP contribution in [0.4, 0.5) is 17.3 Å². The maximum Gasteiger partial charge on any atom is 0.257 e. The molecule has 1 aliphatic heterocycles. The standard InChI is InChI=1S/C23H22N6O2S/c1-31-19-7-3-2-6-18(19)27-20-16(5-4-9-24-20)23(30)29-12-10-28(11-13-29)21-17-8-14-32-22(17)26-15-25-21/h2-9,14-15H,10-13H2,1H3,(H,24,27). The summed E-state index contributed by atoms with van der Waals surface area (Å²) in [5.74, 6) is 2.09. The van der Waals surface area contributed by atoms with Gasteiger partial charge in [0.05, 0.1) is 23.7 Å². The summed E-state index contributed by atoms with van der Waals surface area (Å²) >= 11 is 1.61.